The third kappa shape index (κ3) is 6.55. The second-order valence-electron chi connectivity index (χ2n) is 9.74. The highest BCUT2D eigenvalue weighted by atomic mass is 16.5. The molecule has 0 bridgehead atoms. The van der Waals surface area contributed by atoms with Gasteiger partial charge in [-0.15, -0.1) is 0 Å². The maximum Gasteiger partial charge on any atom is 0.248 e. The Morgan fingerprint density at radius 2 is 1.56 bits per heavy atom. The third-order valence-electron chi connectivity index (χ3n) is 7.52. The number of rotatable bonds is 7. The van der Waals surface area contributed by atoms with Gasteiger partial charge in [-0.2, -0.15) is 0 Å². The maximum atomic E-state index is 12.7. The summed E-state index contributed by atoms with van der Waals surface area (Å²) in [5.41, 5.74) is 1.09. The number of nitrogens with one attached hydrogen (secondary N) is 1. The monoisotopic (exact) mass is 441 g/mol. The minimum Gasteiger partial charge on any atom is -0.367 e. The average molecular weight is 442 g/mol. The lowest BCUT2D eigenvalue weighted by atomic mass is 9.91. The van der Waals surface area contributed by atoms with Crippen LogP contribution in [0.2, 0.25) is 0 Å². The lowest BCUT2D eigenvalue weighted by Crippen LogP contribution is -2.51. The van der Waals surface area contributed by atoms with Crippen molar-refractivity contribution in [1.29, 1.82) is 0 Å². The molecule has 2 amide bonds. The van der Waals surface area contributed by atoms with Gasteiger partial charge in [0, 0.05) is 31.1 Å². The number of benzene rings is 1. The number of piperidine rings is 2. The van der Waals surface area contributed by atoms with Gasteiger partial charge in [0.25, 0.3) is 0 Å². The van der Waals surface area contributed by atoms with Crippen LogP contribution < -0.4 is 5.32 Å². The highest BCUT2D eigenvalue weighted by molar-refractivity contribution is 5.79. The Bertz CT molecular complexity index is 719. The Labute approximate surface area is 192 Å². The first-order valence-electron chi connectivity index (χ1n) is 12.6. The van der Waals surface area contributed by atoms with Crippen LogP contribution in [0.15, 0.2) is 30.3 Å². The summed E-state index contributed by atoms with van der Waals surface area (Å²) in [7, 11) is 0. The summed E-state index contributed by atoms with van der Waals surface area (Å²) in [6.07, 6.45) is 10.1. The minimum atomic E-state index is 0.0949. The number of likely N-dealkylation sites (tertiary alicyclic amines) is 2. The summed E-state index contributed by atoms with van der Waals surface area (Å²) in [5, 5.41) is 3.31. The highest BCUT2D eigenvalue weighted by Gasteiger charge is 2.32. The summed E-state index contributed by atoms with van der Waals surface area (Å²) in [6.45, 7) is 4.25. The van der Waals surface area contributed by atoms with E-state index in [9.17, 15) is 9.59 Å². The molecule has 6 nitrogen and oxygen atoms in total. The van der Waals surface area contributed by atoms with E-state index in [1.807, 2.05) is 35.2 Å². The molecule has 176 valence electrons. The first kappa shape index (κ1) is 23.2. The van der Waals surface area contributed by atoms with E-state index in [4.69, 9.17) is 4.74 Å². The van der Waals surface area contributed by atoms with E-state index in [-0.39, 0.29) is 24.3 Å². The Balaban J connectivity index is 1.12. The van der Waals surface area contributed by atoms with E-state index in [1.54, 1.807) is 0 Å². The smallest absolute Gasteiger partial charge is 0.248 e. The van der Waals surface area contributed by atoms with Crippen LogP contribution in [0.25, 0.3) is 0 Å². The molecule has 2 aliphatic heterocycles. The topological polar surface area (TPSA) is 61.9 Å². The standard InChI is InChI=1S/C26H39N3O3/c30-25(20-32-19-21-7-3-1-4-8-21)29-17-13-24(14-18-29)28-15-11-22(12-16-28)26(31)27-23-9-5-2-6-10-23/h1,3-4,7-8,22-24H,2,5-6,9-20H2,(H,27,31). The second kappa shape index (κ2) is 11.8. The lowest BCUT2D eigenvalue weighted by Gasteiger charge is -2.41. The van der Waals surface area contributed by atoms with Crippen molar-refractivity contribution in [2.75, 3.05) is 32.8 Å². The fourth-order valence-electron chi connectivity index (χ4n) is 5.49. The predicted octanol–water partition coefficient (Wildman–Crippen LogP) is 3.36. The van der Waals surface area contributed by atoms with Gasteiger partial charge in [-0.25, -0.2) is 0 Å². The van der Waals surface area contributed by atoms with Gasteiger partial charge in [0.15, 0.2) is 0 Å². The number of carbonyl (C=O) groups is 2. The first-order valence-corrected chi connectivity index (χ1v) is 12.6. The molecule has 3 aliphatic rings. The van der Waals surface area contributed by atoms with Gasteiger partial charge in [-0.05, 0) is 57.2 Å². The average Bonchev–Trinajstić information content (AvgIpc) is 2.85. The third-order valence-corrected chi connectivity index (χ3v) is 7.52. The molecule has 1 saturated carbocycles. The van der Waals surface area contributed by atoms with Gasteiger partial charge in [0.2, 0.25) is 11.8 Å². The van der Waals surface area contributed by atoms with Crippen LogP contribution in [0.1, 0.15) is 63.4 Å². The zero-order valence-corrected chi connectivity index (χ0v) is 19.3. The van der Waals surface area contributed by atoms with E-state index in [0.29, 0.717) is 18.7 Å². The number of carbonyl (C=O) groups excluding carboxylic acids is 2. The molecule has 2 heterocycles. The Hall–Kier alpha value is -1.92. The molecular weight excluding hydrogens is 402 g/mol. The van der Waals surface area contributed by atoms with Crippen LogP contribution in [0.4, 0.5) is 0 Å². The molecule has 2 saturated heterocycles. The fraction of sp³-hybridized carbons (Fsp3) is 0.692. The van der Waals surface area contributed by atoms with Crippen LogP contribution in [-0.4, -0.2) is 66.5 Å². The van der Waals surface area contributed by atoms with E-state index >= 15 is 0 Å². The molecule has 0 atom stereocenters. The molecule has 32 heavy (non-hydrogen) atoms. The van der Waals surface area contributed by atoms with Gasteiger partial charge in [-0.3, -0.25) is 9.59 Å². The van der Waals surface area contributed by atoms with Crippen molar-refractivity contribution in [3.05, 3.63) is 35.9 Å². The molecular formula is C26H39N3O3. The molecule has 1 N–H and O–H groups in total. The van der Waals surface area contributed by atoms with Gasteiger partial charge < -0.3 is 19.9 Å². The summed E-state index contributed by atoms with van der Waals surface area (Å²) in [6, 6.07) is 10.9. The van der Waals surface area contributed by atoms with Crippen molar-refractivity contribution in [1.82, 2.24) is 15.1 Å². The van der Waals surface area contributed by atoms with Crippen molar-refractivity contribution >= 4 is 11.8 Å². The van der Waals surface area contributed by atoms with Gasteiger partial charge in [-0.1, -0.05) is 49.6 Å². The quantitative estimate of drug-likeness (QED) is 0.705. The Morgan fingerprint density at radius 1 is 0.875 bits per heavy atom. The molecule has 4 rings (SSSR count). The van der Waals surface area contributed by atoms with Crippen LogP contribution >= 0.6 is 0 Å². The van der Waals surface area contributed by atoms with E-state index < -0.39 is 0 Å². The zero-order chi connectivity index (χ0) is 22.2. The number of amides is 2. The largest absolute Gasteiger partial charge is 0.367 e. The maximum absolute atomic E-state index is 12.7. The molecule has 1 aliphatic carbocycles. The molecule has 6 heteroatoms. The van der Waals surface area contributed by atoms with Crippen molar-refractivity contribution < 1.29 is 14.3 Å². The number of ether oxygens (including phenoxy) is 1. The number of nitrogens with zero attached hydrogens (tertiary/aromatic N) is 2. The van der Waals surface area contributed by atoms with Crippen molar-refractivity contribution in [3.63, 3.8) is 0 Å². The van der Waals surface area contributed by atoms with Gasteiger partial charge >= 0.3 is 0 Å². The highest BCUT2D eigenvalue weighted by Crippen LogP contribution is 2.25. The molecule has 1 aromatic rings. The van der Waals surface area contributed by atoms with Crippen LogP contribution in [-0.2, 0) is 20.9 Å². The van der Waals surface area contributed by atoms with E-state index in [1.165, 1.54) is 19.3 Å². The summed E-state index contributed by atoms with van der Waals surface area (Å²) in [4.78, 5) is 29.7. The summed E-state index contributed by atoms with van der Waals surface area (Å²) < 4.78 is 5.63. The predicted molar refractivity (Wildman–Crippen MR) is 125 cm³/mol. The Kier molecular flexibility index (Phi) is 8.57. The van der Waals surface area contributed by atoms with Crippen LogP contribution in [0, 0.1) is 5.92 Å². The van der Waals surface area contributed by atoms with Crippen molar-refractivity contribution in [2.45, 2.75) is 76.5 Å². The molecule has 0 spiro atoms. The number of hydrogen-bond donors (Lipinski definition) is 1. The Morgan fingerprint density at radius 3 is 2.25 bits per heavy atom. The molecule has 0 unspecified atom stereocenters. The zero-order valence-electron chi connectivity index (χ0n) is 19.3. The SMILES string of the molecule is O=C(NC1CCCCC1)C1CCN(C2CCN(C(=O)COCc3ccccc3)CC2)CC1. The first-order chi connectivity index (χ1) is 15.7. The van der Waals surface area contributed by atoms with Gasteiger partial charge in [0.05, 0.1) is 6.61 Å². The van der Waals surface area contributed by atoms with Crippen LogP contribution in [0.5, 0.6) is 0 Å². The van der Waals surface area contributed by atoms with Crippen molar-refractivity contribution in [3.8, 4) is 0 Å². The normalized spacial score (nSPS) is 22.1. The van der Waals surface area contributed by atoms with E-state index in [0.717, 1.165) is 70.3 Å². The molecule has 0 aromatic heterocycles. The molecule has 3 fully saturated rings. The number of hydrogen-bond acceptors (Lipinski definition) is 4. The second-order valence-corrected chi connectivity index (χ2v) is 9.74. The molecule has 0 radical (unpaired) electrons. The van der Waals surface area contributed by atoms with Crippen LogP contribution in [0.3, 0.4) is 0 Å². The molecule has 1 aromatic carbocycles. The summed E-state index contributed by atoms with van der Waals surface area (Å²) in [5.74, 6) is 0.557. The van der Waals surface area contributed by atoms with Gasteiger partial charge in [0.1, 0.15) is 6.61 Å². The van der Waals surface area contributed by atoms with E-state index in [2.05, 4.69) is 10.2 Å². The van der Waals surface area contributed by atoms with Crippen molar-refractivity contribution in [2.24, 2.45) is 5.92 Å². The fourth-order valence-corrected chi connectivity index (χ4v) is 5.49. The minimum absolute atomic E-state index is 0.0949. The summed E-state index contributed by atoms with van der Waals surface area (Å²) >= 11 is 0. The lowest BCUT2D eigenvalue weighted by molar-refractivity contribution is -0.138.